The highest BCUT2D eigenvalue weighted by molar-refractivity contribution is 9.10. The van der Waals surface area contributed by atoms with Gasteiger partial charge in [0.15, 0.2) is 0 Å². The highest BCUT2D eigenvalue weighted by atomic mass is 79.9. The van der Waals surface area contributed by atoms with Crippen LogP contribution in [-0.4, -0.2) is 12.9 Å². The van der Waals surface area contributed by atoms with Gasteiger partial charge < -0.3 is 4.74 Å². The summed E-state index contributed by atoms with van der Waals surface area (Å²) in [7, 11) is 1.56. The van der Waals surface area contributed by atoms with Crippen molar-refractivity contribution in [3.8, 4) is 5.75 Å². The summed E-state index contributed by atoms with van der Waals surface area (Å²) in [6, 6.07) is 12.2. The lowest BCUT2D eigenvalue weighted by atomic mass is 10.1. The molecule has 21 heavy (non-hydrogen) atoms. The number of hydrogen-bond acceptors (Lipinski definition) is 4. The van der Waals surface area contributed by atoms with Crippen molar-refractivity contribution in [3.63, 3.8) is 0 Å². The van der Waals surface area contributed by atoms with Gasteiger partial charge >= 0.3 is 0 Å². The second-order valence-corrected chi connectivity index (χ2v) is 6.38. The van der Waals surface area contributed by atoms with Crippen LogP contribution in [0.15, 0.2) is 51.8 Å². The van der Waals surface area contributed by atoms with Gasteiger partial charge in [0.1, 0.15) is 11.6 Å². The van der Waals surface area contributed by atoms with Gasteiger partial charge in [0.2, 0.25) is 0 Å². The van der Waals surface area contributed by atoms with Crippen molar-refractivity contribution < 1.29 is 9.13 Å². The fourth-order valence-electron chi connectivity index (χ4n) is 1.92. The fraction of sp³-hybridized carbons (Fsp3) is 0.200. The maximum absolute atomic E-state index is 13.5. The zero-order valence-electron chi connectivity index (χ0n) is 11.5. The molecule has 112 valence electrons. The van der Waals surface area contributed by atoms with Crippen LogP contribution in [0.5, 0.6) is 5.75 Å². The molecule has 0 saturated heterocycles. The van der Waals surface area contributed by atoms with E-state index < -0.39 is 0 Å². The molecule has 0 fully saturated rings. The molecular weight excluding hydrogens is 355 g/mol. The minimum absolute atomic E-state index is 0.204. The van der Waals surface area contributed by atoms with Gasteiger partial charge in [-0.15, -0.1) is 11.8 Å². The van der Waals surface area contributed by atoms with E-state index in [2.05, 4.69) is 21.4 Å². The molecule has 0 radical (unpaired) electrons. The Morgan fingerprint density at radius 2 is 2.00 bits per heavy atom. The topological polar surface area (TPSA) is 47.3 Å². The Kier molecular flexibility index (Phi) is 6.05. The van der Waals surface area contributed by atoms with E-state index in [1.165, 1.54) is 12.1 Å². The number of thioether (sulfide) groups is 1. The molecule has 6 heteroatoms. The van der Waals surface area contributed by atoms with Crippen molar-refractivity contribution in [2.75, 3.05) is 12.9 Å². The molecule has 0 aliphatic rings. The number of benzene rings is 2. The van der Waals surface area contributed by atoms with Crippen LogP contribution >= 0.6 is 27.7 Å². The summed E-state index contributed by atoms with van der Waals surface area (Å²) in [5, 5.41) is 0. The third-order valence-electron chi connectivity index (χ3n) is 3.00. The zero-order valence-corrected chi connectivity index (χ0v) is 13.9. The molecular formula is C15H16BrFN2OS. The largest absolute Gasteiger partial charge is 0.496 e. The first-order valence-electron chi connectivity index (χ1n) is 6.32. The summed E-state index contributed by atoms with van der Waals surface area (Å²) >= 11 is 5.04. The molecule has 0 aromatic heterocycles. The predicted molar refractivity (Wildman–Crippen MR) is 87.9 cm³/mol. The van der Waals surface area contributed by atoms with Gasteiger partial charge in [-0.1, -0.05) is 15.9 Å². The molecule has 2 aromatic rings. The van der Waals surface area contributed by atoms with Crippen molar-refractivity contribution in [2.45, 2.75) is 10.9 Å². The first kappa shape index (κ1) is 16.3. The first-order chi connectivity index (χ1) is 10.1. The first-order valence-corrected chi connectivity index (χ1v) is 8.10. The van der Waals surface area contributed by atoms with Gasteiger partial charge in [0, 0.05) is 20.7 Å². The summed E-state index contributed by atoms with van der Waals surface area (Å²) in [6.45, 7) is 0. The molecule has 1 atom stereocenters. The van der Waals surface area contributed by atoms with Crippen molar-refractivity contribution >= 4 is 27.7 Å². The lowest BCUT2D eigenvalue weighted by molar-refractivity contribution is 0.401. The van der Waals surface area contributed by atoms with E-state index in [1.807, 2.05) is 24.3 Å². The number of hydrogen-bond donors (Lipinski definition) is 2. The summed E-state index contributed by atoms with van der Waals surface area (Å²) in [6.07, 6.45) is 0. The zero-order chi connectivity index (χ0) is 15.2. The highest BCUT2D eigenvalue weighted by Gasteiger charge is 2.16. The van der Waals surface area contributed by atoms with Crippen LogP contribution in [-0.2, 0) is 0 Å². The van der Waals surface area contributed by atoms with E-state index in [1.54, 1.807) is 24.9 Å². The Morgan fingerprint density at radius 1 is 1.29 bits per heavy atom. The standard InChI is InChI=1S/C15H16BrFN2OS/c1-20-15-7-4-11(17)8-13(15)14(19-18)9-21-12-5-2-10(16)3-6-12/h2-8,14,19H,9,18H2,1H3. The molecule has 0 aliphatic carbocycles. The van der Waals surface area contributed by atoms with E-state index in [-0.39, 0.29) is 11.9 Å². The third kappa shape index (κ3) is 4.44. The molecule has 0 spiro atoms. The number of halogens is 2. The van der Waals surface area contributed by atoms with Crippen molar-refractivity contribution in [1.82, 2.24) is 5.43 Å². The molecule has 1 unspecified atom stereocenters. The van der Waals surface area contributed by atoms with E-state index >= 15 is 0 Å². The Morgan fingerprint density at radius 3 is 2.62 bits per heavy atom. The van der Waals surface area contributed by atoms with Gasteiger partial charge in [-0.2, -0.15) is 0 Å². The Labute approximate surface area is 136 Å². The molecule has 3 nitrogen and oxygen atoms in total. The molecule has 2 aromatic carbocycles. The maximum Gasteiger partial charge on any atom is 0.123 e. The molecule has 2 rings (SSSR count). The van der Waals surface area contributed by atoms with Gasteiger partial charge in [-0.25, -0.2) is 4.39 Å². The van der Waals surface area contributed by atoms with Crippen LogP contribution in [0.3, 0.4) is 0 Å². The third-order valence-corrected chi connectivity index (χ3v) is 4.63. The van der Waals surface area contributed by atoms with Gasteiger partial charge in [0.25, 0.3) is 0 Å². The van der Waals surface area contributed by atoms with Gasteiger partial charge in [-0.3, -0.25) is 11.3 Å². The molecule has 0 saturated carbocycles. The minimum Gasteiger partial charge on any atom is -0.496 e. The number of methoxy groups -OCH3 is 1. The van der Waals surface area contributed by atoms with Crippen LogP contribution in [0, 0.1) is 5.82 Å². The van der Waals surface area contributed by atoms with Crippen LogP contribution < -0.4 is 16.0 Å². The number of ether oxygens (including phenoxy) is 1. The van der Waals surface area contributed by atoms with E-state index in [0.29, 0.717) is 17.1 Å². The average Bonchev–Trinajstić information content (AvgIpc) is 2.50. The van der Waals surface area contributed by atoms with Crippen molar-refractivity contribution in [1.29, 1.82) is 0 Å². The van der Waals surface area contributed by atoms with E-state index in [4.69, 9.17) is 10.6 Å². The van der Waals surface area contributed by atoms with Crippen LogP contribution in [0.1, 0.15) is 11.6 Å². The second-order valence-electron chi connectivity index (χ2n) is 4.37. The van der Waals surface area contributed by atoms with E-state index in [9.17, 15) is 4.39 Å². The summed E-state index contributed by atoms with van der Waals surface area (Å²) in [5.41, 5.74) is 3.44. The smallest absolute Gasteiger partial charge is 0.123 e. The van der Waals surface area contributed by atoms with E-state index in [0.717, 1.165) is 9.37 Å². The number of nitrogens with two attached hydrogens (primary N) is 1. The number of rotatable bonds is 6. The Hall–Kier alpha value is -1.08. The summed E-state index contributed by atoms with van der Waals surface area (Å²) < 4.78 is 19.8. The predicted octanol–water partition coefficient (Wildman–Crippen LogP) is 3.89. The summed E-state index contributed by atoms with van der Waals surface area (Å²) in [5.74, 6) is 6.60. The normalized spacial score (nSPS) is 12.2. The van der Waals surface area contributed by atoms with Crippen molar-refractivity contribution in [2.24, 2.45) is 5.84 Å². The Bertz CT molecular complexity index is 595. The quantitative estimate of drug-likeness (QED) is 0.460. The SMILES string of the molecule is COc1ccc(F)cc1C(CSc1ccc(Br)cc1)NN. The highest BCUT2D eigenvalue weighted by Crippen LogP contribution is 2.30. The average molecular weight is 371 g/mol. The lowest BCUT2D eigenvalue weighted by Gasteiger charge is -2.19. The molecule has 0 aliphatic heterocycles. The van der Waals surface area contributed by atoms with Gasteiger partial charge in [0.05, 0.1) is 13.2 Å². The molecule has 0 heterocycles. The fourth-order valence-corrected chi connectivity index (χ4v) is 3.14. The summed E-state index contributed by atoms with van der Waals surface area (Å²) in [4.78, 5) is 1.12. The lowest BCUT2D eigenvalue weighted by Crippen LogP contribution is -2.30. The molecule has 3 N–H and O–H groups in total. The van der Waals surface area contributed by atoms with Crippen LogP contribution in [0.2, 0.25) is 0 Å². The minimum atomic E-state index is -0.306. The number of hydrazine groups is 1. The number of nitrogens with one attached hydrogen (secondary N) is 1. The molecule has 0 amide bonds. The van der Waals surface area contributed by atoms with Crippen LogP contribution in [0.25, 0.3) is 0 Å². The Balaban J connectivity index is 2.12. The van der Waals surface area contributed by atoms with Crippen LogP contribution in [0.4, 0.5) is 4.39 Å². The van der Waals surface area contributed by atoms with Gasteiger partial charge in [-0.05, 0) is 42.5 Å². The monoisotopic (exact) mass is 370 g/mol. The van der Waals surface area contributed by atoms with Crippen molar-refractivity contribution in [3.05, 3.63) is 58.3 Å². The second kappa shape index (κ2) is 7.79. The molecule has 0 bridgehead atoms. The maximum atomic E-state index is 13.5.